The van der Waals surface area contributed by atoms with Gasteiger partial charge in [0.05, 0.1) is 28.7 Å². The van der Waals surface area contributed by atoms with Crippen LogP contribution in [0.1, 0.15) is 49.8 Å². The first-order valence-corrected chi connectivity index (χ1v) is 11.8. The van der Waals surface area contributed by atoms with E-state index >= 15 is 0 Å². The second-order valence-corrected chi connectivity index (χ2v) is 9.46. The summed E-state index contributed by atoms with van der Waals surface area (Å²) in [5.74, 6) is -0.553. The number of amides is 2. The van der Waals surface area contributed by atoms with Crippen LogP contribution in [-0.2, 0) is 28.2 Å². The first kappa shape index (κ1) is 20.0. The van der Waals surface area contributed by atoms with Crippen LogP contribution in [0.2, 0.25) is 0 Å². The van der Waals surface area contributed by atoms with Gasteiger partial charge in [-0.05, 0) is 37.0 Å². The van der Waals surface area contributed by atoms with Crippen molar-refractivity contribution in [3.8, 4) is 0 Å². The quantitative estimate of drug-likeness (QED) is 0.450. The number of H-pyrrole nitrogens is 1. The van der Waals surface area contributed by atoms with Gasteiger partial charge >= 0.3 is 5.97 Å². The first-order valence-electron chi connectivity index (χ1n) is 9.82. The molecule has 0 radical (unpaired) electrons. The number of thioether (sulfide) groups is 1. The molecular formula is C21H17N3O5S2. The minimum atomic E-state index is -0.673. The minimum absolute atomic E-state index is 0.0118. The Morgan fingerprint density at radius 3 is 2.65 bits per heavy atom. The molecule has 8 nitrogen and oxygen atoms in total. The molecule has 3 aromatic rings. The molecule has 0 bridgehead atoms. The van der Waals surface area contributed by atoms with Crippen LogP contribution >= 0.6 is 23.1 Å². The molecule has 2 amide bonds. The van der Waals surface area contributed by atoms with Gasteiger partial charge < -0.3 is 9.82 Å². The summed E-state index contributed by atoms with van der Waals surface area (Å²) >= 11 is 3.00. The van der Waals surface area contributed by atoms with Gasteiger partial charge in [-0.2, -0.15) is 11.8 Å². The molecule has 1 aliphatic heterocycles. The fourth-order valence-electron chi connectivity index (χ4n) is 3.84. The maximum Gasteiger partial charge on any atom is 0.334 e. The third-order valence-corrected chi connectivity index (χ3v) is 7.42. The summed E-state index contributed by atoms with van der Waals surface area (Å²) in [7, 11) is 0. The van der Waals surface area contributed by atoms with Crippen LogP contribution in [-0.4, -0.2) is 38.6 Å². The number of aromatic nitrogens is 2. The number of hydrogen-bond acceptors (Lipinski definition) is 8. The molecule has 0 fully saturated rings. The predicted octanol–water partition coefficient (Wildman–Crippen LogP) is 2.85. The zero-order valence-corrected chi connectivity index (χ0v) is 17.9. The maximum absolute atomic E-state index is 12.5. The summed E-state index contributed by atoms with van der Waals surface area (Å²) in [6, 6.07) is 6.33. The van der Waals surface area contributed by atoms with E-state index in [0.29, 0.717) is 22.4 Å². The summed E-state index contributed by atoms with van der Waals surface area (Å²) in [4.78, 5) is 63.5. The number of aromatic amines is 1. The summed E-state index contributed by atoms with van der Waals surface area (Å²) in [6.45, 7) is 0. The number of rotatable bonds is 6. The standard InChI is InChI=1S/C21H17N3O5S2/c25-16(29-24-20(27)11-4-1-2-5-12(11)21(24)28)8-9-30-10-15-22-18(26)17-13-6-3-7-14(13)31-19(17)23-15/h1-2,4-5H,3,6-10H2,(H,22,23,26). The molecule has 1 aliphatic carbocycles. The van der Waals surface area contributed by atoms with Crippen LogP contribution in [0.15, 0.2) is 29.1 Å². The van der Waals surface area contributed by atoms with Gasteiger partial charge in [0.15, 0.2) is 0 Å². The first-order chi connectivity index (χ1) is 15.0. The third kappa shape index (κ3) is 3.55. The van der Waals surface area contributed by atoms with E-state index in [1.54, 1.807) is 23.5 Å². The molecule has 0 unspecified atom stereocenters. The van der Waals surface area contributed by atoms with Gasteiger partial charge in [0.25, 0.3) is 17.4 Å². The number of carbonyl (C=O) groups is 3. The average Bonchev–Trinajstić information content (AvgIpc) is 3.40. The molecule has 0 saturated heterocycles. The topological polar surface area (TPSA) is 109 Å². The molecular weight excluding hydrogens is 438 g/mol. The second kappa shape index (κ2) is 7.93. The molecule has 0 spiro atoms. The van der Waals surface area contributed by atoms with E-state index in [4.69, 9.17) is 4.84 Å². The lowest BCUT2D eigenvalue weighted by atomic mass is 10.1. The molecule has 31 heavy (non-hydrogen) atoms. The zero-order chi connectivity index (χ0) is 21.5. The van der Waals surface area contributed by atoms with E-state index in [2.05, 4.69) is 9.97 Å². The van der Waals surface area contributed by atoms with Crippen LogP contribution in [0.4, 0.5) is 0 Å². The fraction of sp³-hybridized carbons (Fsp3) is 0.286. The average molecular weight is 456 g/mol. The number of hydrogen-bond donors (Lipinski definition) is 1. The number of aryl methyl sites for hydroxylation is 2. The van der Waals surface area contributed by atoms with Crippen LogP contribution in [0.5, 0.6) is 0 Å². The van der Waals surface area contributed by atoms with Crippen molar-refractivity contribution in [2.45, 2.75) is 31.4 Å². The number of hydroxylamine groups is 2. The van der Waals surface area contributed by atoms with Crippen molar-refractivity contribution < 1.29 is 19.2 Å². The Hall–Kier alpha value is -2.98. The lowest BCUT2D eigenvalue weighted by molar-refractivity contribution is -0.167. The predicted molar refractivity (Wildman–Crippen MR) is 116 cm³/mol. The van der Waals surface area contributed by atoms with E-state index in [1.807, 2.05) is 0 Å². The summed E-state index contributed by atoms with van der Waals surface area (Å²) in [6.07, 6.45) is 3.04. The molecule has 1 aromatic carbocycles. The van der Waals surface area contributed by atoms with Crippen molar-refractivity contribution >= 4 is 51.1 Å². The minimum Gasteiger partial charge on any atom is -0.330 e. The smallest absolute Gasteiger partial charge is 0.330 e. The molecule has 10 heteroatoms. The highest BCUT2D eigenvalue weighted by Crippen LogP contribution is 2.34. The molecule has 2 aliphatic rings. The van der Waals surface area contributed by atoms with Crippen LogP contribution in [0.25, 0.3) is 10.2 Å². The fourth-order valence-corrected chi connectivity index (χ4v) is 5.90. The zero-order valence-electron chi connectivity index (χ0n) is 16.3. The van der Waals surface area contributed by atoms with E-state index in [0.717, 1.165) is 35.0 Å². The monoisotopic (exact) mass is 455 g/mol. The SMILES string of the molecule is O=C(CCSCc1nc2sc3c(c2c(=O)[nH]1)CCC3)ON1C(=O)c2ccccc2C1=O. The van der Waals surface area contributed by atoms with Crippen molar-refractivity contribution in [3.05, 3.63) is 62.0 Å². The summed E-state index contributed by atoms with van der Waals surface area (Å²) in [5.41, 5.74) is 1.48. The highest BCUT2D eigenvalue weighted by Gasteiger charge is 2.38. The molecule has 0 atom stereocenters. The van der Waals surface area contributed by atoms with Crippen LogP contribution in [0.3, 0.4) is 0 Å². The maximum atomic E-state index is 12.5. The second-order valence-electron chi connectivity index (χ2n) is 7.27. The number of carbonyl (C=O) groups excluding carboxylic acids is 3. The van der Waals surface area contributed by atoms with Crippen molar-refractivity contribution in [2.75, 3.05) is 5.75 Å². The molecule has 3 heterocycles. The number of thiophene rings is 1. The van der Waals surface area contributed by atoms with Gasteiger partial charge in [0.2, 0.25) is 0 Å². The van der Waals surface area contributed by atoms with E-state index < -0.39 is 17.8 Å². The lowest BCUT2D eigenvalue weighted by Crippen LogP contribution is -2.32. The van der Waals surface area contributed by atoms with Crippen LogP contribution < -0.4 is 5.56 Å². The Labute approximate surface area is 184 Å². The van der Waals surface area contributed by atoms with Gasteiger partial charge in [-0.3, -0.25) is 14.4 Å². The van der Waals surface area contributed by atoms with E-state index in [1.165, 1.54) is 28.8 Å². The Bertz CT molecular complexity index is 1260. The van der Waals surface area contributed by atoms with Gasteiger partial charge in [-0.25, -0.2) is 9.78 Å². The Kier molecular flexibility index (Phi) is 5.11. The van der Waals surface area contributed by atoms with Crippen molar-refractivity contribution in [2.24, 2.45) is 0 Å². The Morgan fingerprint density at radius 2 is 1.90 bits per heavy atom. The number of nitrogens with zero attached hydrogens (tertiary/aromatic N) is 2. The summed E-state index contributed by atoms with van der Waals surface area (Å²) < 4.78 is 0. The molecule has 0 saturated carbocycles. The molecule has 5 rings (SSSR count). The molecule has 158 valence electrons. The summed E-state index contributed by atoms with van der Waals surface area (Å²) in [5, 5.41) is 1.23. The van der Waals surface area contributed by atoms with Crippen molar-refractivity contribution in [1.82, 2.24) is 15.0 Å². The van der Waals surface area contributed by atoms with Crippen molar-refractivity contribution in [1.29, 1.82) is 0 Å². The van der Waals surface area contributed by atoms with Gasteiger partial charge in [-0.15, -0.1) is 11.3 Å². The van der Waals surface area contributed by atoms with Gasteiger partial charge in [0, 0.05) is 10.6 Å². The number of fused-ring (bicyclic) bond motifs is 4. The van der Waals surface area contributed by atoms with Crippen molar-refractivity contribution in [3.63, 3.8) is 0 Å². The number of imide groups is 1. The van der Waals surface area contributed by atoms with Gasteiger partial charge in [0.1, 0.15) is 10.7 Å². The Morgan fingerprint density at radius 1 is 1.16 bits per heavy atom. The van der Waals surface area contributed by atoms with Gasteiger partial charge in [-0.1, -0.05) is 17.2 Å². The normalized spacial score (nSPS) is 14.9. The highest BCUT2D eigenvalue weighted by atomic mass is 32.2. The Balaban J connectivity index is 1.15. The molecule has 1 N–H and O–H groups in total. The number of nitrogens with one attached hydrogen (secondary N) is 1. The van der Waals surface area contributed by atoms with E-state index in [-0.39, 0.29) is 23.1 Å². The molecule has 2 aromatic heterocycles. The number of benzene rings is 1. The van der Waals surface area contributed by atoms with E-state index in [9.17, 15) is 19.2 Å². The van der Waals surface area contributed by atoms with Crippen LogP contribution in [0, 0.1) is 0 Å². The highest BCUT2D eigenvalue weighted by molar-refractivity contribution is 7.98. The largest absolute Gasteiger partial charge is 0.334 e. The third-order valence-electron chi connectivity index (χ3n) is 5.26. The lowest BCUT2D eigenvalue weighted by Gasteiger charge is -2.12.